The molecule has 1 saturated heterocycles. The number of nitrogens with one attached hydrogen (secondary N) is 2. The Morgan fingerprint density at radius 2 is 1.98 bits per heavy atom. The first-order valence-corrected chi connectivity index (χ1v) is 16.4. The number of halogens is 3. The Kier molecular flexibility index (Phi) is 7.69. The maximum atomic E-state index is 14.9. The molecule has 1 aliphatic carbocycles. The maximum Gasteiger partial charge on any atom is 0.417 e. The van der Waals surface area contributed by atoms with Crippen LogP contribution in [0.1, 0.15) is 37.8 Å². The number of carbonyl (C=O) groups excluding carboxylic acids is 1. The molecule has 3 atom stereocenters. The topological polar surface area (TPSA) is 108 Å². The van der Waals surface area contributed by atoms with Gasteiger partial charge in [-0.15, -0.1) is 23.1 Å². The zero-order valence-corrected chi connectivity index (χ0v) is 25.5. The molecule has 3 aliphatic rings. The minimum atomic E-state index is -4.69. The van der Waals surface area contributed by atoms with E-state index in [1.165, 1.54) is 40.5 Å². The first-order chi connectivity index (χ1) is 20.0. The first-order valence-electron chi connectivity index (χ1n) is 13.7. The number of piperazine rings is 1. The summed E-state index contributed by atoms with van der Waals surface area (Å²) in [7, 11) is 0. The molecule has 0 radical (unpaired) electrons. The number of thiophene rings is 1. The molecule has 2 aromatic heterocycles. The van der Waals surface area contributed by atoms with Crippen molar-refractivity contribution in [2.75, 3.05) is 36.4 Å². The first kappa shape index (κ1) is 29.3. The van der Waals surface area contributed by atoms with Crippen LogP contribution >= 0.6 is 34.4 Å². The zero-order valence-electron chi connectivity index (χ0n) is 23.1. The number of fused-ring (bicyclic) bond motifs is 2. The Hall–Kier alpha value is -2.81. The number of thiazole rings is 1. The van der Waals surface area contributed by atoms with Crippen LogP contribution < -0.4 is 11.1 Å². The minimum absolute atomic E-state index is 0.0170. The summed E-state index contributed by atoms with van der Waals surface area (Å²) in [5.41, 5.74) is 6.31. The summed E-state index contributed by atoms with van der Waals surface area (Å²) in [6.07, 6.45) is -1.45. The van der Waals surface area contributed by atoms with Gasteiger partial charge in [0.05, 0.1) is 33.0 Å². The van der Waals surface area contributed by atoms with Crippen LogP contribution in [0.2, 0.25) is 0 Å². The Morgan fingerprint density at radius 1 is 1.26 bits per heavy atom. The quantitative estimate of drug-likeness (QED) is 0.176. The molecular formula is C28H31F3N6O2S3. The molecular weight excluding hydrogens is 606 g/mol. The van der Waals surface area contributed by atoms with Crippen LogP contribution in [0.5, 0.6) is 0 Å². The molecule has 4 N–H and O–H groups in total. The van der Waals surface area contributed by atoms with E-state index in [9.17, 15) is 23.4 Å². The predicted molar refractivity (Wildman–Crippen MR) is 164 cm³/mol. The summed E-state index contributed by atoms with van der Waals surface area (Å²) in [5, 5.41) is 14.7. The fourth-order valence-corrected chi connectivity index (χ4v) is 9.02. The summed E-state index contributed by atoms with van der Waals surface area (Å²) in [6.45, 7) is 8.37. The number of thioether (sulfide) groups is 1. The van der Waals surface area contributed by atoms with Crippen molar-refractivity contribution in [3.63, 3.8) is 0 Å². The summed E-state index contributed by atoms with van der Waals surface area (Å²) in [4.78, 5) is 21.1. The maximum absolute atomic E-state index is 14.9. The molecule has 2 fully saturated rings. The highest BCUT2D eigenvalue weighted by molar-refractivity contribution is 7.99. The van der Waals surface area contributed by atoms with Gasteiger partial charge in [0, 0.05) is 58.9 Å². The summed E-state index contributed by atoms with van der Waals surface area (Å²) in [5.74, 6) is 0.252. The van der Waals surface area contributed by atoms with E-state index in [4.69, 9.17) is 10.5 Å². The SMILES string of the molecule is C=CC(=O)N1[C@H](C)CN(C(=N)c2cc(C(F)(F)F)c(-c3scc4sc(N)nc34)c3c2NCC(OC2CC2)CS3)C[C@@H]1C. The van der Waals surface area contributed by atoms with Crippen LogP contribution in [0, 0.1) is 5.41 Å². The molecule has 224 valence electrons. The molecule has 14 heteroatoms. The average Bonchev–Trinajstić information content (AvgIpc) is 3.61. The normalized spacial score (nSPS) is 22.9. The Balaban J connectivity index is 1.48. The lowest BCUT2D eigenvalue weighted by atomic mass is 9.97. The van der Waals surface area contributed by atoms with Crippen molar-refractivity contribution >= 4 is 67.2 Å². The van der Waals surface area contributed by atoms with Gasteiger partial charge in [-0.05, 0) is 38.8 Å². The van der Waals surface area contributed by atoms with Crippen molar-refractivity contribution in [1.82, 2.24) is 14.8 Å². The number of nitrogen functional groups attached to an aromatic ring is 1. The largest absolute Gasteiger partial charge is 0.417 e. The van der Waals surface area contributed by atoms with Crippen LogP contribution in [0.25, 0.3) is 20.7 Å². The molecule has 6 rings (SSSR count). The molecule has 1 aromatic carbocycles. The standard InChI is InChI=1S/C28H31F3N6O2S3/c1-4-20(38)37-13(2)9-36(10-14(37)3)26(32)17-7-18(28(29,30)31)21(25-23-19(12-41-25)42-27(33)35-23)24-22(17)34-8-16(11-40-24)39-15-5-6-15/h4,7,12-16,32,34H,1,5-6,8-11H2,2-3H3,(H2,33,35)/t13-,14+,16?. The van der Waals surface area contributed by atoms with Crippen LogP contribution in [0.3, 0.4) is 0 Å². The monoisotopic (exact) mass is 636 g/mol. The third-order valence-electron chi connectivity index (χ3n) is 7.73. The van der Waals surface area contributed by atoms with E-state index in [0.717, 1.165) is 23.6 Å². The number of nitrogens with two attached hydrogens (primary N) is 1. The number of rotatable bonds is 5. The summed E-state index contributed by atoms with van der Waals surface area (Å²) < 4.78 is 51.7. The summed E-state index contributed by atoms with van der Waals surface area (Å²) in [6, 6.07) is 0.588. The number of hydrogen-bond acceptors (Lipinski definition) is 9. The number of amides is 1. The van der Waals surface area contributed by atoms with Crippen LogP contribution in [0.15, 0.2) is 29.0 Å². The number of benzene rings is 1. The second-order valence-corrected chi connectivity index (χ2v) is 13.9. The molecule has 0 bridgehead atoms. The third-order valence-corrected chi connectivity index (χ3v) is 10.9. The van der Waals surface area contributed by atoms with Crippen LogP contribution in [-0.2, 0) is 15.7 Å². The molecule has 42 heavy (non-hydrogen) atoms. The fraction of sp³-hybridized carbons (Fsp3) is 0.464. The lowest BCUT2D eigenvalue weighted by Gasteiger charge is -2.45. The number of alkyl halides is 3. The molecule has 0 spiro atoms. The molecule has 1 unspecified atom stereocenters. The van der Waals surface area contributed by atoms with Crippen molar-refractivity contribution in [1.29, 1.82) is 5.41 Å². The predicted octanol–water partition coefficient (Wildman–Crippen LogP) is 6.12. The van der Waals surface area contributed by atoms with Crippen molar-refractivity contribution in [3.8, 4) is 10.4 Å². The van der Waals surface area contributed by atoms with E-state index < -0.39 is 11.7 Å². The average molecular weight is 637 g/mol. The number of aromatic nitrogens is 1. The third kappa shape index (κ3) is 5.38. The van der Waals surface area contributed by atoms with E-state index in [0.29, 0.717) is 51.5 Å². The van der Waals surface area contributed by atoms with Crippen molar-refractivity contribution < 1.29 is 22.7 Å². The number of amidine groups is 1. The second kappa shape index (κ2) is 11.0. The molecule has 4 heterocycles. The van der Waals surface area contributed by atoms with Gasteiger partial charge in [-0.2, -0.15) is 13.2 Å². The zero-order chi connectivity index (χ0) is 29.9. The highest BCUT2D eigenvalue weighted by atomic mass is 32.2. The fourth-order valence-electron chi connectivity index (χ4n) is 5.78. The van der Waals surface area contributed by atoms with Crippen LogP contribution in [0.4, 0.5) is 24.0 Å². The van der Waals surface area contributed by atoms with Gasteiger partial charge in [0.1, 0.15) is 11.4 Å². The Bertz CT molecular complexity index is 1550. The van der Waals surface area contributed by atoms with Gasteiger partial charge >= 0.3 is 6.18 Å². The van der Waals surface area contributed by atoms with Crippen molar-refractivity contribution in [2.45, 2.75) is 62.1 Å². The van der Waals surface area contributed by atoms with Gasteiger partial charge in [-0.25, -0.2) is 4.98 Å². The van der Waals surface area contributed by atoms with Gasteiger partial charge in [0.2, 0.25) is 5.91 Å². The number of hydrogen-bond donors (Lipinski definition) is 3. The Labute approximate surface area is 253 Å². The molecule has 2 aliphatic heterocycles. The van der Waals surface area contributed by atoms with E-state index in [2.05, 4.69) is 16.9 Å². The van der Waals surface area contributed by atoms with E-state index in [1.54, 1.807) is 15.2 Å². The van der Waals surface area contributed by atoms with Gasteiger partial charge < -0.3 is 25.6 Å². The lowest BCUT2D eigenvalue weighted by Crippen LogP contribution is -2.59. The van der Waals surface area contributed by atoms with Gasteiger partial charge in [-0.3, -0.25) is 10.2 Å². The van der Waals surface area contributed by atoms with Gasteiger partial charge in [0.25, 0.3) is 0 Å². The van der Waals surface area contributed by atoms with E-state index in [1.807, 2.05) is 13.8 Å². The minimum Gasteiger partial charge on any atom is -0.381 e. The molecule has 8 nitrogen and oxygen atoms in total. The highest BCUT2D eigenvalue weighted by Gasteiger charge is 2.41. The van der Waals surface area contributed by atoms with Gasteiger partial charge in [-0.1, -0.05) is 17.9 Å². The lowest BCUT2D eigenvalue weighted by molar-refractivity contribution is -0.137. The van der Waals surface area contributed by atoms with E-state index >= 15 is 0 Å². The van der Waals surface area contributed by atoms with Crippen LogP contribution in [-0.4, -0.2) is 76.2 Å². The van der Waals surface area contributed by atoms with E-state index in [-0.39, 0.29) is 47.2 Å². The molecule has 1 saturated carbocycles. The number of anilines is 2. The molecule has 3 aromatic rings. The van der Waals surface area contributed by atoms with Gasteiger partial charge in [0.15, 0.2) is 5.13 Å². The highest BCUT2D eigenvalue weighted by Crippen LogP contribution is 2.52. The van der Waals surface area contributed by atoms with Crippen molar-refractivity contribution in [2.24, 2.45) is 0 Å². The number of nitrogens with zero attached hydrogens (tertiary/aromatic N) is 3. The molecule has 1 amide bonds. The number of carbonyl (C=O) groups is 1. The summed E-state index contributed by atoms with van der Waals surface area (Å²) >= 11 is 3.80. The second-order valence-electron chi connectivity index (χ2n) is 10.9. The Morgan fingerprint density at radius 3 is 2.62 bits per heavy atom. The number of ether oxygens (including phenoxy) is 1. The smallest absolute Gasteiger partial charge is 0.381 e. The van der Waals surface area contributed by atoms with Crippen molar-refractivity contribution in [3.05, 3.63) is 35.2 Å².